The number of fused-ring (bicyclic) bond motifs is 5. The van der Waals surface area contributed by atoms with E-state index < -0.39 is 23.4 Å². The van der Waals surface area contributed by atoms with Crippen molar-refractivity contribution < 1.29 is 28.8 Å². The Labute approximate surface area is 200 Å². The van der Waals surface area contributed by atoms with E-state index in [1.165, 1.54) is 35.2 Å². The van der Waals surface area contributed by atoms with Gasteiger partial charge in [-0.2, -0.15) is 0 Å². The zero-order chi connectivity index (χ0) is 24.9. The predicted octanol–water partition coefficient (Wildman–Crippen LogP) is 3.23. The van der Waals surface area contributed by atoms with E-state index in [1.54, 1.807) is 19.1 Å². The van der Waals surface area contributed by atoms with Gasteiger partial charge in [-0.1, -0.05) is 12.1 Å². The number of ether oxygens (including phenoxy) is 1. The normalized spacial score (nSPS) is 24.4. The quantitative estimate of drug-likeness (QED) is 0.292. The average Bonchev–Trinajstić information content (AvgIpc) is 3.52. The van der Waals surface area contributed by atoms with Crippen LogP contribution in [0.25, 0.3) is 0 Å². The van der Waals surface area contributed by atoms with Gasteiger partial charge < -0.3 is 10.1 Å². The first-order valence-electron chi connectivity index (χ1n) is 11.4. The molecule has 1 heterocycles. The van der Waals surface area contributed by atoms with Crippen molar-refractivity contribution in [2.45, 2.75) is 26.2 Å². The maximum atomic E-state index is 13.0. The molecule has 2 saturated carbocycles. The molecule has 2 aromatic rings. The molecular formula is C25H23N3O7. The van der Waals surface area contributed by atoms with Crippen LogP contribution in [0.4, 0.5) is 17.1 Å². The fourth-order valence-corrected chi connectivity index (χ4v) is 5.73. The van der Waals surface area contributed by atoms with Crippen LogP contribution in [0.15, 0.2) is 42.5 Å². The van der Waals surface area contributed by atoms with E-state index in [0.717, 1.165) is 19.3 Å². The van der Waals surface area contributed by atoms with Crippen molar-refractivity contribution in [3.63, 3.8) is 0 Å². The molecule has 0 radical (unpaired) electrons. The van der Waals surface area contributed by atoms with Crippen LogP contribution in [0.3, 0.4) is 0 Å². The third-order valence-electron chi connectivity index (χ3n) is 7.29. The molecule has 35 heavy (non-hydrogen) atoms. The van der Waals surface area contributed by atoms with Crippen molar-refractivity contribution in [1.82, 2.24) is 0 Å². The Kier molecular flexibility index (Phi) is 5.58. The van der Waals surface area contributed by atoms with Crippen molar-refractivity contribution in [1.29, 1.82) is 0 Å². The molecule has 10 nitrogen and oxygen atoms in total. The Bertz CT molecular complexity index is 1250. The molecule has 4 atom stereocenters. The third-order valence-corrected chi connectivity index (χ3v) is 7.29. The highest BCUT2D eigenvalue weighted by molar-refractivity contribution is 6.22. The standard InChI is InChI=1S/C25H23N3O7/c1-13-5-8-17(11-19(13)28(33)34)26-20(29)12-35-25(32)16-3-2-4-18(10-16)27-23(30)21-14-6-7-15(9-14)22(21)24(27)31/h2-5,8,10-11,14-15,21-22H,6-7,9,12H2,1H3,(H,26,29)/t14-,15-,21+,22+/m0/s1. The molecule has 3 fully saturated rings. The largest absolute Gasteiger partial charge is 0.452 e. The molecule has 3 aliphatic rings. The first-order chi connectivity index (χ1) is 16.7. The number of hydrogen-bond acceptors (Lipinski definition) is 7. The van der Waals surface area contributed by atoms with Gasteiger partial charge in [0.15, 0.2) is 6.61 Å². The number of nitrogens with one attached hydrogen (secondary N) is 1. The molecule has 1 saturated heterocycles. The lowest BCUT2D eigenvalue weighted by Crippen LogP contribution is -2.32. The highest BCUT2D eigenvalue weighted by atomic mass is 16.6. The number of hydrogen-bond donors (Lipinski definition) is 1. The number of anilines is 2. The molecule has 1 aliphatic heterocycles. The number of aryl methyl sites for hydroxylation is 1. The Morgan fingerprint density at radius 2 is 1.77 bits per heavy atom. The Hall–Kier alpha value is -4.08. The smallest absolute Gasteiger partial charge is 0.338 e. The molecular weight excluding hydrogens is 454 g/mol. The zero-order valence-corrected chi connectivity index (χ0v) is 18.9. The predicted molar refractivity (Wildman–Crippen MR) is 123 cm³/mol. The number of rotatable bonds is 6. The van der Waals surface area contributed by atoms with Gasteiger partial charge in [-0.3, -0.25) is 29.4 Å². The summed E-state index contributed by atoms with van der Waals surface area (Å²) in [6.07, 6.45) is 2.89. The topological polar surface area (TPSA) is 136 Å². The molecule has 2 aliphatic carbocycles. The monoisotopic (exact) mass is 477 g/mol. The van der Waals surface area contributed by atoms with Crippen molar-refractivity contribution in [3.05, 3.63) is 63.7 Å². The second-order valence-electron chi connectivity index (χ2n) is 9.33. The number of amides is 3. The number of benzene rings is 2. The minimum atomic E-state index is -0.795. The van der Waals surface area contributed by atoms with E-state index in [2.05, 4.69) is 5.32 Å². The van der Waals surface area contributed by atoms with Crippen LogP contribution in [-0.2, 0) is 19.1 Å². The van der Waals surface area contributed by atoms with Gasteiger partial charge in [0.2, 0.25) is 11.8 Å². The Morgan fingerprint density at radius 1 is 1.09 bits per heavy atom. The summed E-state index contributed by atoms with van der Waals surface area (Å²) in [7, 11) is 0. The molecule has 180 valence electrons. The minimum Gasteiger partial charge on any atom is -0.452 e. The van der Waals surface area contributed by atoms with E-state index in [-0.39, 0.29) is 52.4 Å². The second kappa shape index (κ2) is 8.61. The number of esters is 1. The van der Waals surface area contributed by atoms with E-state index in [4.69, 9.17) is 4.74 Å². The number of nitro benzene ring substituents is 1. The molecule has 5 rings (SSSR count). The van der Waals surface area contributed by atoms with Crippen molar-refractivity contribution in [2.24, 2.45) is 23.7 Å². The summed E-state index contributed by atoms with van der Waals surface area (Å²) >= 11 is 0. The second-order valence-corrected chi connectivity index (χ2v) is 9.33. The van der Waals surface area contributed by atoms with E-state index in [0.29, 0.717) is 11.3 Å². The summed E-state index contributed by atoms with van der Waals surface area (Å²) in [5, 5.41) is 13.5. The highest BCUT2D eigenvalue weighted by Gasteiger charge is 2.61. The number of carbonyl (C=O) groups is 4. The van der Waals surface area contributed by atoms with Crippen LogP contribution < -0.4 is 10.2 Å². The van der Waals surface area contributed by atoms with Gasteiger partial charge >= 0.3 is 5.97 Å². The fraction of sp³-hybridized carbons (Fsp3) is 0.360. The van der Waals surface area contributed by atoms with Crippen LogP contribution in [0.5, 0.6) is 0 Å². The SMILES string of the molecule is Cc1ccc(NC(=O)COC(=O)c2cccc(N3C(=O)[C@@H]4[C@H]5CC[C@@H](C5)[C@H]4C3=O)c2)cc1[N+](=O)[O-]. The minimum absolute atomic E-state index is 0.0990. The summed E-state index contributed by atoms with van der Waals surface area (Å²) in [5.74, 6) is -1.89. The van der Waals surface area contributed by atoms with Crippen molar-refractivity contribution in [2.75, 3.05) is 16.8 Å². The van der Waals surface area contributed by atoms with Crippen LogP contribution in [0, 0.1) is 40.7 Å². The molecule has 10 heteroatoms. The maximum Gasteiger partial charge on any atom is 0.338 e. The van der Waals surface area contributed by atoms with Gasteiger partial charge in [-0.25, -0.2) is 4.79 Å². The van der Waals surface area contributed by atoms with Crippen LogP contribution in [0.2, 0.25) is 0 Å². The van der Waals surface area contributed by atoms with Gasteiger partial charge in [0, 0.05) is 17.3 Å². The van der Waals surface area contributed by atoms with Crippen LogP contribution >= 0.6 is 0 Å². The van der Waals surface area contributed by atoms with E-state index in [1.807, 2.05) is 0 Å². The van der Waals surface area contributed by atoms with Crippen molar-refractivity contribution >= 4 is 40.8 Å². The molecule has 2 aromatic carbocycles. The van der Waals surface area contributed by atoms with Gasteiger partial charge in [0.05, 0.1) is 28.0 Å². The molecule has 2 bridgehead atoms. The first kappa shape index (κ1) is 22.7. The number of nitro groups is 1. The lowest BCUT2D eigenvalue weighted by Gasteiger charge is -2.19. The molecule has 1 N–H and O–H groups in total. The molecule has 0 unspecified atom stereocenters. The summed E-state index contributed by atoms with van der Waals surface area (Å²) in [5.41, 5.74) is 0.933. The first-order valence-corrected chi connectivity index (χ1v) is 11.4. The maximum absolute atomic E-state index is 13.0. The fourth-order valence-electron chi connectivity index (χ4n) is 5.73. The van der Waals surface area contributed by atoms with Gasteiger partial charge in [0.1, 0.15) is 0 Å². The van der Waals surface area contributed by atoms with E-state index in [9.17, 15) is 29.3 Å². The zero-order valence-electron chi connectivity index (χ0n) is 18.9. The number of carbonyl (C=O) groups excluding carboxylic acids is 4. The third kappa shape index (κ3) is 3.94. The average molecular weight is 477 g/mol. The summed E-state index contributed by atoms with van der Waals surface area (Å²) in [6, 6.07) is 10.3. The van der Waals surface area contributed by atoms with Crippen molar-refractivity contribution in [3.8, 4) is 0 Å². The Morgan fingerprint density at radius 3 is 2.43 bits per heavy atom. The van der Waals surface area contributed by atoms with Crippen LogP contribution in [0.1, 0.15) is 35.2 Å². The molecule has 0 aromatic heterocycles. The van der Waals surface area contributed by atoms with Gasteiger partial charge in [-0.05, 0) is 62.3 Å². The van der Waals surface area contributed by atoms with Crippen LogP contribution in [-0.4, -0.2) is 35.2 Å². The lowest BCUT2D eigenvalue weighted by molar-refractivity contribution is -0.385. The van der Waals surface area contributed by atoms with Gasteiger partial charge in [0.25, 0.3) is 11.6 Å². The molecule has 0 spiro atoms. The van der Waals surface area contributed by atoms with Gasteiger partial charge in [-0.15, -0.1) is 0 Å². The summed E-state index contributed by atoms with van der Waals surface area (Å²) in [4.78, 5) is 62.5. The Balaban J connectivity index is 1.23. The number of nitrogens with zero attached hydrogens (tertiary/aromatic N) is 2. The summed E-state index contributed by atoms with van der Waals surface area (Å²) in [6.45, 7) is 0.972. The summed E-state index contributed by atoms with van der Waals surface area (Å²) < 4.78 is 5.08. The lowest BCUT2D eigenvalue weighted by atomic mass is 9.81. The number of imide groups is 1. The van der Waals surface area contributed by atoms with E-state index >= 15 is 0 Å². The molecule has 3 amide bonds. The highest BCUT2D eigenvalue weighted by Crippen LogP contribution is 2.56.